The lowest BCUT2D eigenvalue weighted by molar-refractivity contribution is 0.660. The summed E-state index contributed by atoms with van der Waals surface area (Å²) in [5.74, 6) is 0.697. The molecule has 0 bridgehead atoms. The minimum atomic E-state index is -0.188. The van der Waals surface area contributed by atoms with E-state index in [9.17, 15) is 5.26 Å². The summed E-state index contributed by atoms with van der Waals surface area (Å²) in [5.41, 5.74) is 12.2. The van der Waals surface area contributed by atoms with Crippen LogP contribution in [0.1, 0.15) is 30.5 Å². The Balaban J connectivity index is 1.42. The topological polar surface area (TPSA) is 49.6 Å². The van der Waals surface area contributed by atoms with Crippen molar-refractivity contribution >= 4 is 0 Å². The van der Waals surface area contributed by atoms with Gasteiger partial charge in [-0.2, -0.15) is 5.26 Å². The fraction of sp³-hybridized carbons (Fsp3) is 0.0789. The first-order valence-corrected chi connectivity index (χ1v) is 13.8. The summed E-state index contributed by atoms with van der Waals surface area (Å²) in [6, 6.07) is 46.0. The highest BCUT2D eigenvalue weighted by molar-refractivity contribution is 5.95. The van der Waals surface area contributed by atoms with E-state index in [2.05, 4.69) is 86.6 Å². The van der Waals surface area contributed by atoms with Gasteiger partial charge in [0.15, 0.2) is 5.82 Å². The van der Waals surface area contributed by atoms with Crippen LogP contribution in [-0.2, 0) is 5.41 Å². The highest BCUT2D eigenvalue weighted by Gasteiger charge is 2.38. The maximum Gasteiger partial charge on any atom is 0.160 e. The van der Waals surface area contributed by atoms with E-state index in [1.165, 1.54) is 11.1 Å². The lowest BCUT2D eigenvalue weighted by atomic mass is 9.82. The highest BCUT2D eigenvalue weighted by atomic mass is 14.9. The quantitative estimate of drug-likeness (QED) is 0.230. The van der Waals surface area contributed by atoms with Gasteiger partial charge in [-0.05, 0) is 46.0 Å². The third kappa shape index (κ3) is 4.13. The molecule has 1 heterocycles. The lowest BCUT2D eigenvalue weighted by Crippen LogP contribution is -2.14. The van der Waals surface area contributed by atoms with E-state index in [0.29, 0.717) is 11.4 Å². The molecule has 3 nitrogen and oxygen atoms in total. The number of rotatable bonds is 4. The number of nitrogens with zero attached hydrogens (tertiary/aromatic N) is 3. The van der Waals surface area contributed by atoms with E-state index < -0.39 is 0 Å². The van der Waals surface area contributed by atoms with Crippen LogP contribution in [0.3, 0.4) is 0 Å². The fourth-order valence-electron chi connectivity index (χ4n) is 6.08. The molecule has 0 spiro atoms. The Bertz CT molecular complexity index is 1910. The predicted molar refractivity (Wildman–Crippen MR) is 166 cm³/mol. The van der Waals surface area contributed by atoms with Gasteiger partial charge in [-0.15, -0.1) is 0 Å². The molecule has 1 aromatic heterocycles. The highest BCUT2D eigenvalue weighted by Crippen LogP contribution is 2.53. The molecule has 0 unspecified atom stereocenters. The maximum atomic E-state index is 10.0. The van der Waals surface area contributed by atoms with Gasteiger partial charge in [-0.3, -0.25) is 0 Å². The summed E-state index contributed by atoms with van der Waals surface area (Å²) in [6.45, 7) is 4.49. The van der Waals surface area contributed by atoms with Crippen molar-refractivity contribution in [2.45, 2.75) is 19.3 Å². The first-order valence-electron chi connectivity index (χ1n) is 13.8. The van der Waals surface area contributed by atoms with Gasteiger partial charge in [0.1, 0.15) is 0 Å². The molecule has 0 N–H and O–H groups in total. The lowest BCUT2D eigenvalue weighted by Gasteiger charge is -2.21. The standard InChI is InChI=1S/C38H27N3/c1-38(2)31-20-10-18-29(24-39)35(31)36-30(19-11-21-32(36)38)27-16-9-17-28(22-27)34-23-33(25-12-5-3-6-13-25)40-37(41-34)26-14-7-4-8-15-26/h3-23H,1-2H3. The first-order chi connectivity index (χ1) is 20.0. The van der Waals surface area contributed by atoms with E-state index in [1.54, 1.807) is 0 Å². The number of benzene rings is 5. The van der Waals surface area contributed by atoms with Crippen molar-refractivity contribution in [1.29, 1.82) is 5.26 Å². The SMILES string of the molecule is CC1(C)c2cccc(C#N)c2-c2c(-c3cccc(-c4cc(-c5ccccc5)nc(-c5ccccc5)n4)c3)cccc21. The van der Waals surface area contributed by atoms with Crippen molar-refractivity contribution in [3.8, 4) is 62.2 Å². The summed E-state index contributed by atoms with van der Waals surface area (Å²) in [5, 5.41) is 10.0. The zero-order valence-electron chi connectivity index (χ0n) is 23.0. The minimum Gasteiger partial charge on any atom is -0.228 e. The predicted octanol–water partition coefficient (Wildman–Crippen LogP) is 9.32. The first kappa shape index (κ1) is 24.7. The Morgan fingerprint density at radius 1 is 0.537 bits per heavy atom. The van der Waals surface area contributed by atoms with Gasteiger partial charge in [-0.1, -0.05) is 123 Å². The van der Waals surface area contributed by atoms with Crippen LogP contribution in [0.4, 0.5) is 0 Å². The van der Waals surface area contributed by atoms with E-state index in [4.69, 9.17) is 9.97 Å². The molecular weight excluding hydrogens is 498 g/mol. The smallest absolute Gasteiger partial charge is 0.160 e. The Labute approximate surface area is 240 Å². The van der Waals surface area contributed by atoms with Gasteiger partial charge in [0.2, 0.25) is 0 Å². The Morgan fingerprint density at radius 2 is 1.10 bits per heavy atom. The number of nitriles is 1. The zero-order chi connectivity index (χ0) is 28.0. The van der Waals surface area contributed by atoms with Crippen molar-refractivity contribution in [2.24, 2.45) is 0 Å². The van der Waals surface area contributed by atoms with Crippen LogP contribution in [-0.4, -0.2) is 9.97 Å². The largest absolute Gasteiger partial charge is 0.228 e. The molecule has 0 amide bonds. The normalized spacial score (nSPS) is 12.8. The average Bonchev–Trinajstić information content (AvgIpc) is 3.28. The van der Waals surface area contributed by atoms with Crippen LogP contribution in [0.2, 0.25) is 0 Å². The monoisotopic (exact) mass is 525 g/mol. The molecule has 0 atom stereocenters. The Hall–Kier alpha value is -5.33. The van der Waals surface area contributed by atoms with Crippen molar-refractivity contribution < 1.29 is 0 Å². The molecule has 41 heavy (non-hydrogen) atoms. The molecule has 0 radical (unpaired) electrons. The van der Waals surface area contributed by atoms with Gasteiger partial charge >= 0.3 is 0 Å². The Kier molecular flexibility index (Phi) is 5.84. The van der Waals surface area contributed by atoms with Gasteiger partial charge in [0, 0.05) is 27.7 Å². The summed E-state index contributed by atoms with van der Waals surface area (Å²) in [6.07, 6.45) is 0. The average molecular weight is 526 g/mol. The van der Waals surface area contributed by atoms with E-state index in [-0.39, 0.29) is 5.41 Å². The van der Waals surface area contributed by atoms with Crippen LogP contribution in [0.5, 0.6) is 0 Å². The van der Waals surface area contributed by atoms with Crippen LogP contribution < -0.4 is 0 Å². The van der Waals surface area contributed by atoms with E-state index in [0.717, 1.165) is 50.3 Å². The number of hydrogen-bond acceptors (Lipinski definition) is 3. The number of hydrogen-bond donors (Lipinski definition) is 0. The molecule has 6 aromatic rings. The van der Waals surface area contributed by atoms with Crippen molar-refractivity contribution in [2.75, 3.05) is 0 Å². The second kappa shape index (κ2) is 9.70. The number of fused-ring (bicyclic) bond motifs is 3. The minimum absolute atomic E-state index is 0.188. The molecule has 7 rings (SSSR count). The molecule has 0 aliphatic heterocycles. The molecule has 194 valence electrons. The molecule has 5 aromatic carbocycles. The molecule has 0 fully saturated rings. The summed E-state index contributed by atoms with van der Waals surface area (Å²) < 4.78 is 0. The summed E-state index contributed by atoms with van der Waals surface area (Å²) in [7, 11) is 0. The van der Waals surface area contributed by atoms with Gasteiger partial charge in [0.25, 0.3) is 0 Å². The summed E-state index contributed by atoms with van der Waals surface area (Å²) >= 11 is 0. The third-order valence-corrected chi connectivity index (χ3v) is 8.14. The number of aromatic nitrogens is 2. The van der Waals surface area contributed by atoms with Crippen LogP contribution >= 0.6 is 0 Å². The second-order valence-electron chi connectivity index (χ2n) is 11.0. The molecule has 1 aliphatic rings. The van der Waals surface area contributed by atoms with Gasteiger partial charge in [0.05, 0.1) is 23.0 Å². The maximum absolute atomic E-state index is 10.0. The van der Waals surface area contributed by atoms with E-state index >= 15 is 0 Å². The zero-order valence-corrected chi connectivity index (χ0v) is 23.0. The van der Waals surface area contributed by atoms with Crippen molar-refractivity contribution in [3.63, 3.8) is 0 Å². The van der Waals surface area contributed by atoms with Crippen molar-refractivity contribution in [3.05, 3.63) is 144 Å². The second-order valence-corrected chi connectivity index (χ2v) is 11.0. The molecule has 3 heteroatoms. The van der Waals surface area contributed by atoms with Gasteiger partial charge < -0.3 is 0 Å². The van der Waals surface area contributed by atoms with Crippen LogP contribution in [0.25, 0.3) is 56.2 Å². The van der Waals surface area contributed by atoms with Crippen LogP contribution in [0.15, 0.2) is 127 Å². The fourth-order valence-corrected chi connectivity index (χ4v) is 6.08. The molecule has 0 saturated heterocycles. The molecule has 1 aliphatic carbocycles. The van der Waals surface area contributed by atoms with E-state index in [1.807, 2.05) is 60.7 Å². The Morgan fingerprint density at radius 3 is 1.80 bits per heavy atom. The summed E-state index contributed by atoms with van der Waals surface area (Å²) in [4.78, 5) is 9.98. The van der Waals surface area contributed by atoms with Crippen molar-refractivity contribution in [1.82, 2.24) is 9.97 Å². The third-order valence-electron chi connectivity index (χ3n) is 8.14. The van der Waals surface area contributed by atoms with Crippen LogP contribution in [0, 0.1) is 11.3 Å². The molecular formula is C38H27N3. The van der Waals surface area contributed by atoms with Gasteiger partial charge in [-0.25, -0.2) is 9.97 Å². The molecule has 0 saturated carbocycles.